The molecule has 4 nitrogen and oxygen atoms in total. The van der Waals surface area contributed by atoms with E-state index in [9.17, 15) is 4.79 Å². The van der Waals surface area contributed by atoms with Crippen LogP contribution in [-0.2, 0) is 0 Å². The Hall–Kier alpha value is -2.75. The van der Waals surface area contributed by atoms with E-state index in [0.29, 0.717) is 11.3 Å². The van der Waals surface area contributed by atoms with Crippen LogP contribution >= 0.6 is 0 Å². The number of benzene rings is 1. The van der Waals surface area contributed by atoms with Crippen molar-refractivity contribution in [2.45, 2.75) is 0 Å². The zero-order valence-electron chi connectivity index (χ0n) is 10.1. The van der Waals surface area contributed by atoms with Crippen molar-refractivity contribution in [3.63, 3.8) is 0 Å². The Morgan fingerprint density at radius 1 is 1.00 bits per heavy atom. The van der Waals surface area contributed by atoms with E-state index in [2.05, 4.69) is 9.97 Å². The van der Waals surface area contributed by atoms with Crippen LogP contribution in [0.4, 0.5) is 5.69 Å². The lowest BCUT2D eigenvalue weighted by Crippen LogP contribution is -2.07. The maximum absolute atomic E-state index is 12.3. The van der Waals surface area contributed by atoms with Crippen molar-refractivity contribution in [3.05, 3.63) is 66.1 Å². The van der Waals surface area contributed by atoms with Crippen LogP contribution in [0.15, 0.2) is 54.9 Å². The predicted octanol–water partition coefficient (Wildman–Crippen LogP) is 2.44. The summed E-state index contributed by atoms with van der Waals surface area (Å²) in [5.41, 5.74) is 7.75. The van der Waals surface area contributed by atoms with Crippen molar-refractivity contribution >= 4 is 22.4 Å². The molecule has 4 heteroatoms. The Morgan fingerprint density at radius 2 is 1.79 bits per heavy atom. The average Bonchev–Trinajstić information content (AvgIpc) is 2.46. The Kier molecular flexibility index (Phi) is 2.68. The predicted molar refractivity (Wildman–Crippen MR) is 73.8 cm³/mol. The van der Waals surface area contributed by atoms with Gasteiger partial charge in [-0.1, -0.05) is 18.2 Å². The van der Waals surface area contributed by atoms with Crippen LogP contribution in [0.2, 0.25) is 0 Å². The van der Waals surface area contributed by atoms with Crippen molar-refractivity contribution in [1.29, 1.82) is 0 Å². The first kappa shape index (κ1) is 11.3. The van der Waals surface area contributed by atoms with Crippen LogP contribution in [-0.4, -0.2) is 15.8 Å². The van der Waals surface area contributed by atoms with Crippen LogP contribution in [0.1, 0.15) is 16.1 Å². The van der Waals surface area contributed by atoms with Crippen molar-refractivity contribution in [2.24, 2.45) is 0 Å². The maximum atomic E-state index is 12.3. The van der Waals surface area contributed by atoms with E-state index < -0.39 is 0 Å². The molecule has 3 rings (SSSR count). The van der Waals surface area contributed by atoms with Gasteiger partial charge in [0.1, 0.15) is 5.69 Å². The lowest BCUT2D eigenvalue weighted by molar-refractivity contribution is 0.103. The van der Waals surface area contributed by atoms with Crippen molar-refractivity contribution in [3.8, 4) is 0 Å². The number of pyridine rings is 2. The number of aromatic nitrogens is 2. The van der Waals surface area contributed by atoms with Gasteiger partial charge in [-0.25, -0.2) is 0 Å². The molecule has 0 atom stereocenters. The van der Waals surface area contributed by atoms with Gasteiger partial charge in [0.15, 0.2) is 0 Å². The first-order valence-corrected chi connectivity index (χ1v) is 5.86. The van der Waals surface area contributed by atoms with Gasteiger partial charge in [0.25, 0.3) is 0 Å². The van der Waals surface area contributed by atoms with Gasteiger partial charge in [-0.3, -0.25) is 14.8 Å². The molecule has 0 aliphatic carbocycles. The summed E-state index contributed by atoms with van der Waals surface area (Å²) in [6.07, 6.45) is 3.26. The summed E-state index contributed by atoms with van der Waals surface area (Å²) < 4.78 is 0. The summed E-state index contributed by atoms with van der Waals surface area (Å²) in [5, 5.41) is 0.994. The fourth-order valence-electron chi connectivity index (χ4n) is 1.95. The topological polar surface area (TPSA) is 68.9 Å². The minimum absolute atomic E-state index is 0.189. The molecule has 0 unspecified atom stereocenters. The summed E-state index contributed by atoms with van der Waals surface area (Å²) in [6.45, 7) is 0. The number of nitrogens with two attached hydrogens (primary N) is 1. The van der Waals surface area contributed by atoms with E-state index in [4.69, 9.17) is 5.73 Å². The molecule has 0 radical (unpaired) electrons. The number of hydrogen-bond acceptors (Lipinski definition) is 4. The number of nitrogen functional groups attached to an aromatic ring is 1. The number of hydrogen-bond donors (Lipinski definition) is 1. The Morgan fingerprint density at radius 3 is 2.63 bits per heavy atom. The van der Waals surface area contributed by atoms with Crippen molar-refractivity contribution < 1.29 is 4.79 Å². The number of carbonyl (C=O) groups is 1. The average molecular weight is 249 g/mol. The molecule has 2 N–H and O–H groups in total. The largest absolute Gasteiger partial charge is 0.397 e. The Balaban J connectivity index is 2.09. The zero-order valence-corrected chi connectivity index (χ0v) is 10.1. The van der Waals surface area contributed by atoms with Gasteiger partial charge in [0.05, 0.1) is 11.2 Å². The number of anilines is 1. The summed E-state index contributed by atoms with van der Waals surface area (Å²) >= 11 is 0. The fraction of sp³-hybridized carbons (Fsp3) is 0. The van der Waals surface area contributed by atoms with Crippen molar-refractivity contribution in [1.82, 2.24) is 9.97 Å². The normalized spacial score (nSPS) is 10.5. The molecule has 1 aromatic carbocycles. The summed E-state index contributed by atoms with van der Waals surface area (Å²) in [7, 11) is 0. The highest BCUT2D eigenvalue weighted by atomic mass is 16.1. The number of ketones is 1. The Bertz CT molecular complexity index is 768. The minimum Gasteiger partial charge on any atom is -0.397 e. The highest BCUT2D eigenvalue weighted by Crippen LogP contribution is 2.18. The summed E-state index contributed by atoms with van der Waals surface area (Å²) in [4.78, 5) is 20.6. The SMILES string of the molecule is Nc1cccnc1C(=O)c1ccc2cccnc2c1. The lowest BCUT2D eigenvalue weighted by Gasteiger charge is -2.04. The number of carbonyl (C=O) groups excluding carboxylic acids is 1. The van der Waals surface area contributed by atoms with Crippen LogP contribution in [0.5, 0.6) is 0 Å². The van der Waals surface area contributed by atoms with E-state index >= 15 is 0 Å². The van der Waals surface area contributed by atoms with Crippen LogP contribution in [0, 0.1) is 0 Å². The van der Waals surface area contributed by atoms with E-state index in [-0.39, 0.29) is 11.5 Å². The van der Waals surface area contributed by atoms with Crippen molar-refractivity contribution in [2.75, 3.05) is 5.73 Å². The summed E-state index contributed by atoms with van der Waals surface area (Å²) in [6, 6.07) is 12.6. The second kappa shape index (κ2) is 4.49. The molecule has 0 bridgehead atoms. The molecule has 3 aromatic rings. The van der Waals surface area contributed by atoms with Gasteiger partial charge in [0.2, 0.25) is 5.78 Å². The molecule has 0 saturated carbocycles. The number of rotatable bonds is 2. The monoisotopic (exact) mass is 249 g/mol. The molecule has 0 aliphatic rings. The second-order valence-electron chi connectivity index (χ2n) is 4.18. The molecule has 0 fully saturated rings. The van der Waals surface area contributed by atoms with Gasteiger partial charge in [-0.15, -0.1) is 0 Å². The fourth-order valence-corrected chi connectivity index (χ4v) is 1.95. The van der Waals surface area contributed by atoms with E-state index in [1.54, 1.807) is 36.7 Å². The number of nitrogens with zero attached hydrogens (tertiary/aromatic N) is 2. The van der Waals surface area contributed by atoms with E-state index in [0.717, 1.165) is 10.9 Å². The van der Waals surface area contributed by atoms with Gasteiger partial charge in [0, 0.05) is 23.3 Å². The van der Waals surface area contributed by atoms with Crippen LogP contribution in [0.25, 0.3) is 10.9 Å². The number of fused-ring (bicyclic) bond motifs is 1. The smallest absolute Gasteiger partial charge is 0.213 e. The van der Waals surface area contributed by atoms with Gasteiger partial charge >= 0.3 is 0 Å². The molecule has 0 amide bonds. The molecule has 92 valence electrons. The molecular formula is C15H11N3O. The third-order valence-corrected chi connectivity index (χ3v) is 2.92. The molecule has 2 aromatic heterocycles. The van der Waals surface area contributed by atoms with Crippen LogP contribution in [0.3, 0.4) is 0 Å². The molecule has 2 heterocycles. The maximum Gasteiger partial charge on any atom is 0.213 e. The molecule has 0 saturated heterocycles. The first-order chi connectivity index (χ1) is 9.25. The third-order valence-electron chi connectivity index (χ3n) is 2.92. The molecule has 0 aliphatic heterocycles. The standard InChI is InChI=1S/C15H11N3O/c16-12-4-2-8-18-14(12)15(19)11-6-5-10-3-1-7-17-13(10)9-11/h1-9H,16H2. The first-order valence-electron chi connectivity index (χ1n) is 5.86. The lowest BCUT2D eigenvalue weighted by atomic mass is 10.0. The van der Waals surface area contributed by atoms with Gasteiger partial charge in [-0.05, 0) is 24.3 Å². The van der Waals surface area contributed by atoms with Gasteiger partial charge in [-0.2, -0.15) is 0 Å². The zero-order chi connectivity index (χ0) is 13.2. The quantitative estimate of drug-likeness (QED) is 0.708. The van der Waals surface area contributed by atoms with E-state index in [1.165, 1.54) is 0 Å². The third kappa shape index (κ3) is 2.04. The minimum atomic E-state index is -0.189. The van der Waals surface area contributed by atoms with Gasteiger partial charge < -0.3 is 5.73 Å². The second-order valence-corrected chi connectivity index (χ2v) is 4.18. The highest BCUT2D eigenvalue weighted by Gasteiger charge is 2.13. The highest BCUT2D eigenvalue weighted by molar-refractivity contribution is 6.11. The Labute approximate surface area is 109 Å². The van der Waals surface area contributed by atoms with E-state index in [1.807, 2.05) is 18.2 Å². The van der Waals surface area contributed by atoms with Crippen LogP contribution < -0.4 is 5.73 Å². The molecule has 19 heavy (non-hydrogen) atoms. The molecular weight excluding hydrogens is 238 g/mol. The molecule has 0 spiro atoms. The summed E-state index contributed by atoms with van der Waals surface area (Å²) in [5.74, 6) is -0.189.